The minimum absolute atomic E-state index is 0.137. The van der Waals surface area contributed by atoms with Crippen molar-refractivity contribution in [2.24, 2.45) is 0 Å². The van der Waals surface area contributed by atoms with E-state index in [1.54, 1.807) is 0 Å². The fraction of sp³-hybridized carbons (Fsp3) is 0.385. The zero-order chi connectivity index (χ0) is 17.8. The standard InChI is InChI=1S/C13H14F3N3O4/c1-4-5-6-18(2)11-8(13(14,15)16)7-9(19(21)22)10(17-11)12(20)23-3/h4,7H,1,5-6H2,2-3H3. The maximum Gasteiger partial charge on any atom is 0.420 e. The second kappa shape index (κ2) is 7.07. The molecule has 0 N–H and O–H groups in total. The number of carbonyl (C=O) groups excluding carboxylic acids is 1. The highest BCUT2D eigenvalue weighted by molar-refractivity contribution is 5.92. The smallest absolute Gasteiger partial charge is 0.420 e. The average Bonchev–Trinajstić information content (AvgIpc) is 2.49. The van der Waals surface area contributed by atoms with Gasteiger partial charge in [-0.25, -0.2) is 9.78 Å². The summed E-state index contributed by atoms with van der Waals surface area (Å²) in [5.41, 5.74) is -3.15. The van der Waals surface area contributed by atoms with Crippen LogP contribution in [0.5, 0.6) is 0 Å². The Hall–Kier alpha value is -2.65. The Morgan fingerprint density at radius 2 is 2.17 bits per heavy atom. The van der Waals surface area contributed by atoms with Crippen LogP contribution in [0.15, 0.2) is 18.7 Å². The molecule has 1 aromatic rings. The number of carbonyl (C=O) groups is 1. The van der Waals surface area contributed by atoms with Gasteiger partial charge in [-0.2, -0.15) is 13.2 Å². The maximum atomic E-state index is 13.2. The van der Waals surface area contributed by atoms with Crippen LogP contribution >= 0.6 is 0 Å². The average molecular weight is 333 g/mol. The number of methoxy groups -OCH3 is 1. The third-order valence-electron chi connectivity index (χ3n) is 2.89. The predicted molar refractivity (Wildman–Crippen MR) is 75.3 cm³/mol. The van der Waals surface area contributed by atoms with E-state index in [-0.39, 0.29) is 6.54 Å². The van der Waals surface area contributed by atoms with Crippen LogP contribution in [0.1, 0.15) is 22.5 Å². The van der Waals surface area contributed by atoms with Crippen LogP contribution < -0.4 is 4.90 Å². The van der Waals surface area contributed by atoms with Crippen LogP contribution in [-0.4, -0.2) is 36.6 Å². The van der Waals surface area contributed by atoms with Crippen molar-refractivity contribution in [1.82, 2.24) is 4.98 Å². The van der Waals surface area contributed by atoms with Crippen LogP contribution in [0.4, 0.5) is 24.7 Å². The van der Waals surface area contributed by atoms with Crippen molar-refractivity contribution in [3.63, 3.8) is 0 Å². The van der Waals surface area contributed by atoms with Gasteiger partial charge >= 0.3 is 17.8 Å². The molecule has 126 valence electrons. The third-order valence-corrected chi connectivity index (χ3v) is 2.89. The summed E-state index contributed by atoms with van der Waals surface area (Å²) >= 11 is 0. The first kappa shape index (κ1) is 18.4. The van der Waals surface area contributed by atoms with E-state index < -0.39 is 39.8 Å². The number of esters is 1. The minimum Gasteiger partial charge on any atom is -0.464 e. The van der Waals surface area contributed by atoms with Crippen LogP contribution in [0.25, 0.3) is 0 Å². The first-order chi connectivity index (χ1) is 10.6. The molecule has 0 amide bonds. The normalized spacial score (nSPS) is 11.0. The van der Waals surface area contributed by atoms with E-state index in [1.807, 2.05) is 0 Å². The molecule has 1 rings (SSSR count). The molecule has 0 radical (unpaired) electrons. The van der Waals surface area contributed by atoms with Crippen LogP contribution in [-0.2, 0) is 10.9 Å². The molecule has 1 aromatic heterocycles. The van der Waals surface area contributed by atoms with E-state index in [9.17, 15) is 28.1 Å². The van der Waals surface area contributed by atoms with Crippen molar-refractivity contribution in [3.8, 4) is 0 Å². The SMILES string of the molecule is C=CCCN(C)c1nc(C(=O)OC)c([N+](=O)[O-])cc1C(F)(F)F. The Balaban J connectivity index is 3.60. The first-order valence-electron chi connectivity index (χ1n) is 6.30. The van der Waals surface area contributed by atoms with E-state index in [0.717, 1.165) is 12.0 Å². The van der Waals surface area contributed by atoms with Gasteiger partial charge in [0.1, 0.15) is 11.4 Å². The summed E-state index contributed by atoms with van der Waals surface area (Å²) < 4.78 is 43.8. The molecule has 0 fully saturated rings. The number of pyridine rings is 1. The molecular weight excluding hydrogens is 319 g/mol. The van der Waals surface area contributed by atoms with E-state index in [0.29, 0.717) is 12.5 Å². The molecular formula is C13H14F3N3O4. The van der Waals surface area contributed by atoms with Gasteiger partial charge in [-0.05, 0) is 6.42 Å². The topological polar surface area (TPSA) is 85.6 Å². The molecule has 0 spiro atoms. The summed E-state index contributed by atoms with van der Waals surface area (Å²) in [6.07, 6.45) is -3.01. The number of halogens is 3. The van der Waals surface area contributed by atoms with Gasteiger partial charge < -0.3 is 9.64 Å². The zero-order valence-corrected chi connectivity index (χ0v) is 12.4. The highest BCUT2D eigenvalue weighted by Gasteiger charge is 2.39. The van der Waals surface area contributed by atoms with E-state index in [1.165, 1.54) is 13.1 Å². The first-order valence-corrected chi connectivity index (χ1v) is 6.30. The second-order valence-electron chi connectivity index (χ2n) is 4.47. The van der Waals surface area contributed by atoms with Gasteiger partial charge in [0.05, 0.1) is 12.0 Å². The fourth-order valence-electron chi connectivity index (χ4n) is 1.77. The molecule has 0 aliphatic carbocycles. The van der Waals surface area contributed by atoms with Crippen molar-refractivity contribution in [2.45, 2.75) is 12.6 Å². The summed E-state index contributed by atoms with van der Waals surface area (Å²) in [6.45, 7) is 3.60. The molecule has 0 bridgehead atoms. The van der Waals surface area contributed by atoms with E-state index >= 15 is 0 Å². The Labute approximate surface area is 129 Å². The molecule has 0 unspecified atom stereocenters. The fourth-order valence-corrected chi connectivity index (χ4v) is 1.77. The van der Waals surface area contributed by atoms with Gasteiger partial charge in [0, 0.05) is 19.7 Å². The Morgan fingerprint density at radius 1 is 1.57 bits per heavy atom. The number of alkyl halides is 3. The Morgan fingerprint density at radius 3 is 2.61 bits per heavy atom. The molecule has 23 heavy (non-hydrogen) atoms. The number of aromatic nitrogens is 1. The van der Waals surface area contributed by atoms with Gasteiger partial charge in [0.2, 0.25) is 5.69 Å². The second-order valence-corrected chi connectivity index (χ2v) is 4.47. The molecule has 1 heterocycles. The van der Waals surface area contributed by atoms with Gasteiger partial charge in [0.15, 0.2) is 0 Å². The van der Waals surface area contributed by atoms with Gasteiger partial charge in [-0.3, -0.25) is 10.1 Å². The number of nitro groups is 1. The predicted octanol–water partition coefficient (Wildman–Crippen LogP) is 2.81. The lowest BCUT2D eigenvalue weighted by Crippen LogP contribution is -2.25. The minimum atomic E-state index is -4.87. The monoisotopic (exact) mass is 333 g/mol. The van der Waals surface area contributed by atoms with Crippen molar-refractivity contribution in [2.75, 3.05) is 25.6 Å². The summed E-state index contributed by atoms with van der Waals surface area (Å²) in [5, 5.41) is 10.9. The van der Waals surface area contributed by atoms with Crippen molar-refractivity contribution in [1.29, 1.82) is 0 Å². The number of nitrogens with zero attached hydrogens (tertiary/aromatic N) is 3. The lowest BCUT2D eigenvalue weighted by atomic mass is 10.1. The summed E-state index contributed by atoms with van der Waals surface area (Å²) in [5.74, 6) is -1.78. The maximum absolute atomic E-state index is 13.2. The Bertz CT molecular complexity index is 632. The van der Waals surface area contributed by atoms with Gasteiger partial charge in [-0.1, -0.05) is 6.08 Å². The van der Waals surface area contributed by atoms with E-state index in [4.69, 9.17) is 0 Å². The number of rotatable bonds is 6. The van der Waals surface area contributed by atoms with Crippen molar-refractivity contribution in [3.05, 3.63) is 40.1 Å². The lowest BCUT2D eigenvalue weighted by molar-refractivity contribution is -0.385. The highest BCUT2D eigenvalue weighted by Crippen LogP contribution is 2.38. The molecule has 7 nitrogen and oxygen atoms in total. The van der Waals surface area contributed by atoms with Crippen molar-refractivity contribution < 1.29 is 27.6 Å². The summed E-state index contributed by atoms with van der Waals surface area (Å²) in [6, 6.07) is 0.291. The molecule has 10 heteroatoms. The quantitative estimate of drug-likeness (QED) is 0.344. The molecule has 0 saturated heterocycles. The number of ether oxygens (including phenoxy) is 1. The number of hydrogen-bond acceptors (Lipinski definition) is 6. The summed E-state index contributed by atoms with van der Waals surface area (Å²) in [7, 11) is 2.28. The molecule has 0 aliphatic heterocycles. The van der Waals surface area contributed by atoms with E-state index in [2.05, 4.69) is 16.3 Å². The summed E-state index contributed by atoms with van der Waals surface area (Å²) in [4.78, 5) is 26.1. The highest BCUT2D eigenvalue weighted by atomic mass is 19.4. The number of anilines is 1. The van der Waals surface area contributed by atoms with Crippen LogP contribution in [0.3, 0.4) is 0 Å². The lowest BCUT2D eigenvalue weighted by Gasteiger charge is -2.22. The largest absolute Gasteiger partial charge is 0.464 e. The molecule has 0 saturated carbocycles. The molecule has 0 atom stereocenters. The molecule has 0 aromatic carbocycles. The van der Waals surface area contributed by atoms with Gasteiger partial charge in [0.25, 0.3) is 0 Å². The van der Waals surface area contributed by atoms with Crippen molar-refractivity contribution >= 4 is 17.5 Å². The van der Waals surface area contributed by atoms with Crippen LogP contribution in [0, 0.1) is 10.1 Å². The zero-order valence-electron chi connectivity index (χ0n) is 12.4. The third kappa shape index (κ3) is 4.18. The Kier molecular flexibility index (Phi) is 5.66. The number of hydrogen-bond donors (Lipinski definition) is 0. The van der Waals surface area contributed by atoms with Gasteiger partial charge in [-0.15, -0.1) is 6.58 Å². The molecule has 0 aliphatic rings. The van der Waals surface area contributed by atoms with Crippen LogP contribution in [0.2, 0.25) is 0 Å².